The lowest BCUT2D eigenvalue weighted by Crippen LogP contribution is -2.55. The minimum absolute atomic E-state index is 0.0516. The van der Waals surface area contributed by atoms with Gasteiger partial charge in [0.05, 0.1) is 0 Å². The van der Waals surface area contributed by atoms with Crippen LogP contribution in [0.15, 0.2) is 33.1 Å². The van der Waals surface area contributed by atoms with Gasteiger partial charge in [-0.25, -0.2) is 0 Å². The Morgan fingerprint density at radius 1 is 0.620 bits per heavy atom. The van der Waals surface area contributed by atoms with Crippen LogP contribution in [-0.4, -0.2) is 24.1 Å². The third-order valence-electron chi connectivity index (χ3n) is 14.2. The smallest absolute Gasteiger partial charge is 0.302 e. The van der Waals surface area contributed by atoms with E-state index in [0.717, 1.165) is 84.8 Å². The maximum atomic E-state index is 12.4. The highest BCUT2D eigenvalue weighted by molar-refractivity contribution is 5.91. The number of furan rings is 2. The zero-order valence-corrected chi connectivity index (χ0v) is 31.7. The topological polar surface area (TPSA) is 78.9 Å². The van der Waals surface area contributed by atoms with Crippen molar-refractivity contribution in [3.05, 3.63) is 57.6 Å². The van der Waals surface area contributed by atoms with Crippen molar-refractivity contribution in [1.29, 1.82) is 0 Å². The number of esters is 2. The zero-order valence-electron chi connectivity index (χ0n) is 31.7. The van der Waals surface area contributed by atoms with Crippen molar-refractivity contribution < 1.29 is 27.9 Å². The van der Waals surface area contributed by atoms with E-state index in [1.54, 1.807) is 13.8 Å². The van der Waals surface area contributed by atoms with Gasteiger partial charge >= 0.3 is 11.9 Å². The third-order valence-corrected chi connectivity index (χ3v) is 14.2. The maximum Gasteiger partial charge on any atom is 0.302 e. The third kappa shape index (κ3) is 4.79. The molecule has 2 fully saturated rings. The van der Waals surface area contributed by atoms with E-state index in [0.29, 0.717) is 0 Å². The average molecular weight is 679 g/mol. The molecule has 50 heavy (non-hydrogen) atoms. The molecule has 2 aromatic carbocycles. The molecule has 4 aliphatic rings. The molecule has 0 saturated heterocycles. The lowest BCUT2D eigenvalue weighted by molar-refractivity contribution is -0.159. The molecule has 0 radical (unpaired) electrons. The molecular weight excluding hydrogens is 624 g/mol. The number of hydrogen-bond donors (Lipinski definition) is 0. The van der Waals surface area contributed by atoms with E-state index in [1.165, 1.54) is 33.4 Å². The summed E-state index contributed by atoms with van der Waals surface area (Å²) < 4.78 is 25.7. The summed E-state index contributed by atoms with van der Waals surface area (Å²) in [5, 5.41) is 2.16. The van der Waals surface area contributed by atoms with Gasteiger partial charge in [0.15, 0.2) is 11.5 Å². The van der Waals surface area contributed by atoms with Crippen molar-refractivity contribution in [3.63, 3.8) is 0 Å². The van der Waals surface area contributed by atoms with Gasteiger partial charge in [0, 0.05) is 49.3 Å². The Kier molecular flexibility index (Phi) is 7.38. The van der Waals surface area contributed by atoms with E-state index in [1.807, 2.05) is 0 Å². The SMILES string of the molecule is CC(=O)O[C@@H]1Cc2c(cc3oc(-c4cc5c(C)c6c(cc5o4)[C@@]4(C)CCCC(C)(C)[C@@H]4[C@H](OC(C)=O)C6)cc3c2C)[C@@]2(C)CCCC(C)(C)[C@H]12. The fourth-order valence-corrected chi connectivity index (χ4v) is 12.4. The number of hydrogen-bond acceptors (Lipinski definition) is 6. The summed E-state index contributed by atoms with van der Waals surface area (Å²) in [5.74, 6) is 1.50. The normalized spacial score (nSPS) is 31.0. The standard InChI is InChI=1S/C44H54O6/c1-23-27-17-37(47-25(3)45)39-41(5,6)13-11-15-43(39,9)31(27)21-33-29(23)19-35(49-33)36-20-30-24(2)28-18-38(48-26(4)46)40-42(7,8)14-12-16-44(40,10)32(28)22-34(30)50-36/h19-22,37-40H,11-18H2,1-10H3/t37-,38-,39+,40+,43-,44-/m1/s1. The predicted octanol–water partition coefficient (Wildman–Crippen LogP) is 10.6. The number of rotatable bonds is 3. The van der Waals surface area contributed by atoms with Crippen LogP contribution in [0.5, 0.6) is 0 Å². The first-order valence-electron chi connectivity index (χ1n) is 18.9. The van der Waals surface area contributed by atoms with Crippen LogP contribution in [0.2, 0.25) is 0 Å². The van der Waals surface area contributed by atoms with Crippen LogP contribution in [0, 0.1) is 36.5 Å². The summed E-state index contributed by atoms with van der Waals surface area (Å²) in [6, 6.07) is 8.84. The van der Waals surface area contributed by atoms with Gasteiger partial charge < -0.3 is 18.3 Å². The Morgan fingerprint density at radius 3 is 1.36 bits per heavy atom. The average Bonchev–Trinajstić information content (AvgIpc) is 3.62. The van der Waals surface area contributed by atoms with Gasteiger partial charge in [0.1, 0.15) is 23.4 Å². The first-order chi connectivity index (χ1) is 23.4. The number of benzene rings is 2. The fourth-order valence-electron chi connectivity index (χ4n) is 12.4. The number of ether oxygens (including phenoxy) is 2. The quantitative estimate of drug-likeness (QED) is 0.201. The minimum atomic E-state index is -0.202. The Bertz CT molecular complexity index is 1920. The monoisotopic (exact) mass is 678 g/mol. The van der Waals surface area contributed by atoms with Crippen molar-refractivity contribution >= 4 is 33.9 Å². The van der Waals surface area contributed by atoms with E-state index < -0.39 is 0 Å². The molecule has 2 heterocycles. The second-order valence-corrected chi connectivity index (χ2v) is 18.3. The molecule has 0 aliphatic heterocycles. The Balaban J connectivity index is 1.24. The van der Waals surface area contributed by atoms with E-state index in [9.17, 15) is 9.59 Å². The van der Waals surface area contributed by atoms with Crippen LogP contribution in [0.1, 0.15) is 127 Å². The lowest BCUT2D eigenvalue weighted by Gasteiger charge is -2.56. The molecule has 266 valence electrons. The molecule has 2 saturated carbocycles. The van der Waals surface area contributed by atoms with Crippen LogP contribution >= 0.6 is 0 Å². The summed E-state index contributed by atoms with van der Waals surface area (Å²) in [5.41, 5.74) is 9.30. The molecule has 6 heteroatoms. The van der Waals surface area contributed by atoms with Crippen molar-refractivity contribution in [2.24, 2.45) is 22.7 Å². The van der Waals surface area contributed by atoms with Crippen LogP contribution in [0.3, 0.4) is 0 Å². The number of fused-ring (bicyclic) bond motifs is 8. The first kappa shape index (κ1) is 33.6. The number of aryl methyl sites for hydroxylation is 2. The van der Waals surface area contributed by atoms with Crippen LogP contribution in [-0.2, 0) is 42.7 Å². The highest BCUT2D eigenvalue weighted by atomic mass is 16.5. The maximum absolute atomic E-state index is 12.4. The van der Waals surface area contributed by atoms with Crippen molar-refractivity contribution in [2.75, 3.05) is 0 Å². The Labute approximate surface area is 296 Å². The van der Waals surface area contributed by atoms with E-state index in [-0.39, 0.29) is 57.6 Å². The molecule has 4 aromatic rings. The van der Waals surface area contributed by atoms with Gasteiger partial charge in [0.2, 0.25) is 0 Å². The van der Waals surface area contributed by atoms with Gasteiger partial charge in [-0.05, 0) is 119 Å². The molecule has 0 bridgehead atoms. The Hall–Kier alpha value is -3.54. The molecule has 6 nitrogen and oxygen atoms in total. The van der Waals surface area contributed by atoms with Gasteiger partial charge in [-0.3, -0.25) is 9.59 Å². The molecule has 0 amide bonds. The largest absolute Gasteiger partial charge is 0.462 e. The minimum Gasteiger partial charge on any atom is -0.462 e. The number of carbonyl (C=O) groups is 2. The van der Waals surface area contributed by atoms with Crippen LogP contribution in [0.4, 0.5) is 0 Å². The van der Waals surface area contributed by atoms with Crippen molar-refractivity contribution in [3.8, 4) is 11.5 Å². The first-order valence-corrected chi connectivity index (χ1v) is 18.9. The van der Waals surface area contributed by atoms with E-state index in [4.69, 9.17) is 18.3 Å². The van der Waals surface area contributed by atoms with Gasteiger partial charge in [0.25, 0.3) is 0 Å². The summed E-state index contributed by atoms with van der Waals surface area (Å²) in [7, 11) is 0. The van der Waals surface area contributed by atoms with Gasteiger partial charge in [-0.1, -0.05) is 54.4 Å². The molecule has 4 aliphatic carbocycles. The van der Waals surface area contributed by atoms with E-state index >= 15 is 0 Å². The summed E-state index contributed by atoms with van der Waals surface area (Å²) >= 11 is 0. The zero-order chi connectivity index (χ0) is 35.7. The van der Waals surface area contributed by atoms with Crippen LogP contribution < -0.4 is 0 Å². The number of carbonyl (C=O) groups excluding carboxylic acids is 2. The molecule has 6 atom stereocenters. The highest BCUT2D eigenvalue weighted by Gasteiger charge is 2.57. The Morgan fingerprint density at radius 2 is 1.00 bits per heavy atom. The highest BCUT2D eigenvalue weighted by Crippen LogP contribution is 2.60. The molecule has 0 spiro atoms. The van der Waals surface area contributed by atoms with E-state index in [2.05, 4.69) is 79.7 Å². The summed E-state index contributed by atoms with van der Waals surface area (Å²) in [6.07, 6.45) is 7.82. The van der Waals surface area contributed by atoms with Gasteiger partial charge in [-0.2, -0.15) is 0 Å². The summed E-state index contributed by atoms with van der Waals surface area (Å²) in [4.78, 5) is 24.7. The van der Waals surface area contributed by atoms with Gasteiger partial charge in [-0.15, -0.1) is 0 Å². The molecule has 2 aromatic heterocycles. The molecule has 0 unspecified atom stereocenters. The molecular formula is C44H54O6. The lowest BCUT2D eigenvalue weighted by atomic mass is 9.49. The predicted molar refractivity (Wildman–Crippen MR) is 196 cm³/mol. The second kappa shape index (κ2) is 11.0. The second-order valence-electron chi connectivity index (χ2n) is 18.3. The van der Waals surface area contributed by atoms with Crippen LogP contribution in [0.25, 0.3) is 33.5 Å². The molecule has 0 N–H and O–H groups in total. The fraction of sp³-hybridized carbons (Fsp3) is 0.591. The van der Waals surface area contributed by atoms with Crippen molar-refractivity contribution in [1.82, 2.24) is 0 Å². The van der Waals surface area contributed by atoms with Crippen molar-refractivity contribution in [2.45, 2.75) is 144 Å². The summed E-state index contributed by atoms with van der Waals surface area (Å²) in [6.45, 7) is 21.6. The molecule has 8 rings (SSSR count).